The molecule has 9 heteroatoms. The highest BCUT2D eigenvalue weighted by Crippen LogP contribution is 2.21. The van der Waals surface area contributed by atoms with Gasteiger partial charge in [-0.15, -0.1) is 0 Å². The average Bonchev–Trinajstić information content (AvgIpc) is 2.65. The number of nitriles is 1. The van der Waals surface area contributed by atoms with E-state index in [4.69, 9.17) is 5.26 Å². The molecular weight excluding hydrogens is 372 g/mol. The number of para-hydroxylation sites is 1. The maximum atomic E-state index is 12.4. The van der Waals surface area contributed by atoms with Crippen LogP contribution in [0.5, 0.6) is 0 Å². The van der Waals surface area contributed by atoms with Crippen molar-refractivity contribution in [1.29, 1.82) is 5.26 Å². The van der Waals surface area contributed by atoms with Crippen molar-refractivity contribution in [2.75, 3.05) is 31.3 Å². The van der Waals surface area contributed by atoms with Gasteiger partial charge in [0.25, 0.3) is 0 Å². The van der Waals surface area contributed by atoms with Crippen molar-refractivity contribution in [3.8, 4) is 6.07 Å². The molecule has 2 aromatic rings. The largest absolute Gasteiger partial charge is 0.298 e. The summed E-state index contributed by atoms with van der Waals surface area (Å²) in [6.45, 7) is -0.0448. The smallest absolute Gasteiger partial charge is 0.244 e. The number of benzene rings is 1. The van der Waals surface area contributed by atoms with Crippen molar-refractivity contribution < 1.29 is 13.2 Å². The molecule has 0 saturated heterocycles. The second-order valence-electron chi connectivity index (χ2n) is 5.38. The number of aromatic nitrogens is 1. The molecule has 0 spiro atoms. The normalized spacial score (nSPS) is 11.2. The lowest BCUT2D eigenvalue weighted by Gasteiger charge is -2.19. The molecule has 1 aromatic carbocycles. The van der Waals surface area contributed by atoms with Crippen molar-refractivity contribution in [2.45, 2.75) is 9.92 Å². The Morgan fingerprint density at radius 1 is 1.19 bits per heavy atom. The van der Waals surface area contributed by atoms with Crippen LogP contribution in [0.25, 0.3) is 0 Å². The number of thioether (sulfide) groups is 1. The summed E-state index contributed by atoms with van der Waals surface area (Å²) >= 11 is 1.18. The maximum Gasteiger partial charge on any atom is 0.244 e. The summed E-state index contributed by atoms with van der Waals surface area (Å²) in [7, 11) is -0.635. The number of amides is 1. The summed E-state index contributed by atoms with van der Waals surface area (Å²) in [5, 5.41) is 9.49. The van der Waals surface area contributed by atoms with Crippen LogP contribution < -0.4 is 4.90 Å². The van der Waals surface area contributed by atoms with Crippen LogP contribution in [0, 0.1) is 11.3 Å². The number of sulfonamides is 1. The number of hydrogen-bond donors (Lipinski definition) is 0. The lowest BCUT2D eigenvalue weighted by Crippen LogP contribution is -2.32. The van der Waals surface area contributed by atoms with Crippen molar-refractivity contribution in [2.24, 2.45) is 0 Å². The molecule has 0 fully saturated rings. The molecule has 26 heavy (non-hydrogen) atoms. The van der Waals surface area contributed by atoms with Crippen LogP contribution in [0.1, 0.15) is 0 Å². The first-order valence-electron chi connectivity index (χ1n) is 7.60. The lowest BCUT2D eigenvalue weighted by molar-refractivity contribution is -0.116. The molecule has 136 valence electrons. The Kier molecular flexibility index (Phi) is 6.74. The van der Waals surface area contributed by atoms with Crippen LogP contribution in [0.15, 0.2) is 58.6 Å². The predicted molar refractivity (Wildman–Crippen MR) is 100 cm³/mol. The Morgan fingerprint density at radius 3 is 2.42 bits per heavy atom. The summed E-state index contributed by atoms with van der Waals surface area (Å²) in [4.78, 5) is 18.0. The van der Waals surface area contributed by atoms with Crippen molar-refractivity contribution in [3.63, 3.8) is 0 Å². The summed E-state index contributed by atoms with van der Waals surface area (Å²) in [6, 6.07) is 14.0. The topological polar surface area (TPSA) is 94.4 Å². The molecule has 1 amide bonds. The molecule has 0 N–H and O–H groups in total. The zero-order chi connectivity index (χ0) is 19.2. The van der Waals surface area contributed by atoms with Crippen LogP contribution in [-0.4, -0.2) is 50.0 Å². The summed E-state index contributed by atoms with van der Waals surface area (Å²) in [6.07, 6.45) is 1.27. The minimum absolute atomic E-state index is 0.0448. The van der Waals surface area contributed by atoms with Crippen molar-refractivity contribution in [1.82, 2.24) is 9.29 Å². The van der Waals surface area contributed by atoms with Gasteiger partial charge < -0.3 is 0 Å². The fourth-order valence-electron chi connectivity index (χ4n) is 2.03. The molecule has 0 aliphatic rings. The van der Waals surface area contributed by atoms with Crippen LogP contribution >= 0.6 is 11.8 Å². The van der Waals surface area contributed by atoms with Crippen molar-refractivity contribution >= 4 is 33.4 Å². The number of nitrogens with zero attached hydrogens (tertiary/aromatic N) is 4. The molecule has 1 heterocycles. The highest BCUT2D eigenvalue weighted by Gasteiger charge is 2.18. The van der Waals surface area contributed by atoms with E-state index in [1.54, 1.807) is 30.3 Å². The SMILES string of the molecule is CN(C)S(=O)(=O)c1ccc(SCC(=O)N(CC#N)c2ccccc2)nc1. The number of rotatable bonds is 7. The van der Waals surface area contributed by atoms with E-state index in [1.165, 1.54) is 43.0 Å². The van der Waals surface area contributed by atoms with E-state index in [1.807, 2.05) is 12.1 Å². The summed E-state index contributed by atoms with van der Waals surface area (Å²) in [5.41, 5.74) is 0.653. The molecule has 0 aliphatic carbocycles. The highest BCUT2D eigenvalue weighted by molar-refractivity contribution is 7.99. The van der Waals surface area contributed by atoms with Gasteiger partial charge in [-0.1, -0.05) is 30.0 Å². The molecular formula is C17H18N4O3S2. The molecule has 0 unspecified atom stereocenters. The zero-order valence-electron chi connectivity index (χ0n) is 14.4. The van der Waals surface area contributed by atoms with E-state index < -0.39 is 10.0 Å². The fourth-order valence-corrected chi connectivity index (χ4v) is 3.60. The summed E-state index contributed by atoms with van der Waals surface area (Å²) in [5.74, 6) is -0.141. The van der Waals surface area contributed by atoms with Gasteiger partial charge in [-0.3, -0.25) is 9.69 Å². The Labute approximate surface area is 157 Å². The first-order valence-corrected chi connectivity index (χ1v) is 10.0. The molecule has 0 aliphatic heterocycles. The van der Waals surface area contributed by atoms with Gasteiger partial charge >= 0.3 is 0 Å². The van der Waals surface area contributed by atoms with Gasteiger partial charge in [-0.05, 0) is 24.3 Å². The molecule has 0 radical (unpaired) electrons. The number of carbonyl (C=O) groups is 1. The first kappa shape index (κ1) is 19.9. The van der Waals surface area contributed by atoms with Crippen LogP contribution in [-0.2, 0) is 14.8 Å². The number of carbonyl (C=O) groups excluding carboxylic acids is 1. The van der Waals surface area contributed by atoms with Gasteiger partial charge in [0.15, 0.2) is 0 Å². The van der Waals surface area contributed by atoms with E-state index in [2.05, 4.69) is 4.98 Å². The third kappa shape index (κ3) is 4.82. The molecule has 0 bridgehead atoms. The number of pyridine rings is 1. The Bertz CT molecular complexity index is 892. The minimum Gasteiger partial charge on any atom is -0.298 e. The molecule has 0 saturated carbocycles. The van der Waals surface area contributed by atoms with E-state index in [9.17, 15) is 13.2 Å². The second-order valence-corrected chi connectivity index (χ2v) is 8.53. The van der Waals surface area contributed by atoms with E-state index >= 15 is 0 Å². The monoisotopic (exact) mass is 390 g/mol. The van der Waals surface area contributed by atoms with Gasteiger partial charge in [0, 0.05) is 26.0 Å². The van der Waals surface area contributed by atoms with Gasteiger partial charge in [0.2, 0.25) is 15.9 Å². The lowest BCUT2D eigenvalue weighted by atomic mass is 10.3. The van der Waals surface area contributed by atoms with E-state index in [0.29, 0.717) is 10.7 Å². The fraction of sp³-hybridized carbons (Fsp3) is 0.235. The molecule has 2 rings (SSSR count). The maximum absolute atomic E-state index is 12.4. The predicted octanol–water partition coefficient (Wildman–Crippen LogP) is 1.98. The molecule has 1 aromatic heterocycles. The van der Waals surface area contributed by atoms with Crippen molar-refractivity contribution in [3.05, 3.63) is 48.7 Å². The summed E-state index contributed by atoms with van der Waals surface area (Å²) < 4.78 is 25.1. The number of anilines is 1. The van der Waals surface area contributed by atoms with Gasteiger partial charge in [0.05, 0.1) is 16.8 Å². The molecule has 0 atom stereocenters. The molecule has 7 nitrogen and oxygen atoms in total. The minimum atomic E-state index is -3.53. The third-order valence-electron chi connectivity index (χ3n) is 3.43. The van der Waals surface area contributed by atoms with Gasteiger partial charge in [-0.2, -0.15) is 5.26 Å². The Hall–Kier alpha value is -2.41. The standard InChI is InChI=1S/C17H18N4O3S2/c1-20(2)26(23,24)15-8-9-16(19-12-15)25-13-17(22)21(11-10-18)14-6-4-3-5-7-14/h3-9,12H,11,13H2,1-2H3. The zero-order valence-corrected chi connectivity index (χ0v) is 16.0. The Morgan fingerprint density at radius 2 is 1.88 bits per heavy atom. The van der Waals surface area contributed by atoms with Gasteiger partial charge in [-0.25, -0.2) is 17.7 Å². The Balaban J connectivity index is 2.06. The van der Waals surface area contributed by atoms with Crippen LogP contribution in [0.2, 0.25) is 0 Å². The van der Waals surface area contributed by atoms with Gasteiger partial charge in [0.1, 0.15) is 11.4 Å². The highest BCUT2D eigenvalue weighted by atomic mass is 32.2. The van der Waals surface area contributed by atoms with Crippen LogP contribution in [0.4, 0.5) is 5.69 Å². The van der Waals surface area contributed by atoms with E-state index in [0.717, 1.165) is 4.31 Å². The third-order valence-corrected chi connectivity index (χ3v) is 6.16. The van der Waals surface area contributed by atoms with E-state index in [-0.39, 0.29) is 23.1 Å². The number of hydrogen-bond acceptors (Lipinski definition) is 6. The van der Waals surface area contributed by atoms with Crippen LogP contribution in [0.3, 0.4) is 0 Å². The second kappa shape index (κ2) is 8.80. The quantitative estimate of drug-likeness (QED) is 0.530. The average molecular weight is 390 g/mol. The first-order chi connectivity index (χ1) is 12.4.